The molecule has 0 saturated heterocycles. The maximum absolute atomic E-state index is 13.1. The van der Waals surface area contributed by atoms with E-state index < -0.39 is 23.3 Å². The number of hydrogen-bond acceptors (Lipinski definition) is 5. The van der Waals surface area contributed by atoms with Crippen molar-refractivity contribution in [3.8, 4) is 5.75 Å². The molecule has 1 aromatic carbocycles. The normalized spacial score (nSPS) is 11.9. The second-order valence-corrected chi connectivity index (χ2v) is 7.06. The molecule has 0 aliphatic carbocycles. The molecule has 2 aromatic rings. The van der Waals surface area contributed by atoms with Gasteiger partial charge in [-0.25, -0.2) is 4.79 Å². The lowest BCUT2D eigenvalue weighted by Gasteiger charge is -2.27. The molecule has 0 radical (unpaired) electrons. The number of unbranched alkanes of at least 4 members (excludes halogenated alkanes) is 1. The smallest absolute Gasteiger partial charge is 0.330 e. The fraction of sp³-hybridized carbons (Fsp3) is 0.476. The van der Waals surface area contributed by atoms with Crippen molar-refractivity contribution in [2.24, 2.45) is 0 Å². The topological polar surface area (TPSA) is 110 Å². The second-order valence-electron chi connectivity index (χ2n) is 7.06. The molecule has 1 aromatic heterocycles. The Morgan fingerprint density at radius 2 is 2.00 bits per heavy atom. The summed E-state index contributed by atoms with van der Waals surface area (Å²) in [7, 11) is 0. The number of aromatic amines is 1. The Bertz CT molecular complexity index is 964. The van der Waals surface area contributed by atoms with Crippen molar-refractivity contribution in [2.45, 2.75) is 59.6 Å². The Hall–Kier alpha value is -3.03. The average Bonchev–Trinajstić information content (AvgIpc) is 2.66. The molecule has 0 fully saturated rings. The van der Waals surface area contributed by atoms with Crippen LogP contribution in [0.1, 0.15) is 45.6 Å². The van der Waals surface area contributed by atoms with Gasteiger partial charge in [0.2, 0.25) is 0 Å². The quantitative estimate of drug-likeness (QED) is 0.669. The monoisotopic (exact) mass is 402 g/mol. The van der Waals surface area contributed by atoms with Crippen molar-refractivity contribution in [3.05, 3.63) is 50.7 Å². The second kappa shape index (κ2) is 9.95. The minimum Gasteiger partial charge on any atom is -0.481 e. The minimum absolute atomic E-state index is 0.00300. The average molecular weight is 402 g/mol. The molecule has 2 rings (SSSR count). The first-order valence-electron chi connectivity index (χ1n) is 9.97. The third-order valence-corrected chi connectivity index (χ3v) is 4.58. The number of carbonyl (C=O) groups excluding carboxylic acids is 1. The van der Waals surface area contributed by atoms with Gasteiger partial charge in [-0.3, -0.25) is 19.1 Å². The standard InChI is InChI=1S/C21H30N4O4/c1-5-7-12-25-18(22)17(19(26)23-21(25)28)24(11-6-2)20(27)15(4)29-16-10-8-9-14(3)13-16/h8-10,13,15H,5-7,11-12,22H2,1-4H3,(H,23,26,28). The number of ether oxygens (including phenoxy) is 1. The zero-order valence-electron chi connectivity index (χ0n) is 17.5. The van der Waals surface area contributed by atoms with Crippen LogP contribution < -0.4 is 26.6 Å². The third kappa shape index (κ3) is 5.28. The Kier molecular flexibility index (Phi) is 7.64. The van der Waals surface area contributed by atoms with E-state index in [0.717, 1.165) is 18.4 Å². The van der Waals surface area contributed by atoms with Crippen LogP contribution in [-0.2, 0) is 11.3 Å². The van der Waals surface area contributed by atoms with Crippen molar-refractivity contribution in [1.82, 2.24) is 9.55 Å². The van der Waals surface area contributed by atoms with Gasteiger partial charge >= 0.3 is 5.69 Å². The molecule has 1 heterocycles. The molecule has 29 heavy (non-hydrogen) atoms. The zero-order chi connectivity index (χ0) is 21.6. The number of nitrogens with two attached hydrogens (primary N) is 1. The molecule has 158 valence electrons. The lowest BCUT2D eigenvalue weighted by molar-refractivity contribution is -0.124. The molecule has 0 spiro atoms. The number of H-pyrrole nitrogens is 1. The third-order valence-electron chi connectivity index (χ3n) is 4.58. The van der Waals surface area contributed by atoms with Gasteiger partial charge in [-0.15, -0.1) is 0 Å². The molecule has 0 aliphatic heterocycles. The van der Waals surface area contributed by atoms with Crippen molar-refractivity contribution in [1.29, 1.82) is 0 Å². The minimum atomic E-state index is -0.835. The number of rotatable bonds is 9. The summed E-state index contributed by atoms with van der Waals surface area (Å²) < 4.78 is 7.10. The van der Waals surface area contributed by atoms with E-state index in [-0.39, 0.29) is 18.1 Å². The largest absolute Gasteiger partial charge is 0.481 e. The maximum Gasteiger partial charge on any atom is 0.330 e. The number of amides is 1. The van der Waals surface area contributed by atoms with Gasteiger partial charge in [0, 0.05) is 13.1 Å². The number of nitrogen functional groups attached to an aromatic ring is 1. The number of nitrogens with one attached hydrogen (secondary N) is 1. The predicted molar refractivity (Wildman–Crippen MR) is 115 cm³/mol. The number of hydrogen-bond donors (Lipinski definition) is 2. The molecular formula is C21H30N4O4. The van der Waals surface area contributed by atoms with Gasteiger partial charge in [-0.1, -0.05) is 32.4 Å². The molecule has 8 heteroatoms. The first-order valence-corrected chi connectivity index (χ1v) is 9.97. The number of carbonyl (C=O) groups is 1. The summed E-state index contributed by atoms with van der Waals surface area (Å²) in [5.74, 6) is 0.167. The number of aromatic nitrogens is 2. The highest BCUT2D eigenvalue weighted by Crippen LogP contribution is 2.21. The van der Waals surface area contributed by atoms with Crippen molar-refractivity contribution in [3.63, 3.8) is 0 Å². The fourth-order valence-electron chi connectivity index (χ4n) is 3.09. The van der Waals surface area contributed by atoms with Crippen molar-refractivity contribution >= 4 is 17.4 Å². The summed E-state index contributed by atoms with van der Waals surface area (Å²) in [5, 5.41) is 0. The molecule has 3 N–H and O–H groups in total. The zero-order valence-corrected chi connectivity index (χ0v) is 17.5. The van der Waals surface area contributed by atoms with Gasteiger partial charge in [0.25, 0.3) is 11.5 Å². The van der Waals surface area contributed by atoms with Crippen molar-refractivity contribution < 1.29 is 9.53 Å². The van der Waals surface area contributed by atoms with Crippen LogP contribution in [-0.4, -0.2) is 28.1 Å². The highest BCUT2D eigenvalue weighted by atomic mass is 16.5. The Morgan fingerprint density at radius 1 is 1.28 bits per heavy atom. The van der Waals surface area contributed by atoms with Crippen LogP contribution in [0, 0.1) is 6.92 Å². The van der Waals surface area contributed by atoms with Gasteiger partial charge < -0.3 is 15.4 Å². The maximum atomic E-state index is 13.1. The fourth-order valence-corrected chi connectivity index (χ4v) is 3.09. The first kappa shape index (κ1) is 22.3. The molecular weight excluding hydrogens is 372 g/mol. The molecule has 0 aliphatic rings. The van der Waals surface area contributed by atoms with E-state index in [1.165, 1.54) is 9.47 Å². The van der Waals surface area contributed by atoms with E-state index in [0.29, 0.717) is 18.7 Å². The number of anilines is 2. The lowest BCUT2D eigenvalue weighted by atomic mass is 10.2. The van der Waals surface area contributed by atoms with Crippen LogP contribution in [0.2, 0.25) is 0 Å². The summed E-state index contributed by atoms with van der Waals surface area (Å²) in [4.78, 5) is 41.5. The lowest BCUT2D eigenvalue weighted by Crippen LogP contribution is -2.46. The van der Waals surface area contributed by atoms with Crippen LogP contribution >= 0.6 is 0 Å². The van der Waals surface area contributed by atoms with E-state index in [9.17, 15) is 14.4 Å². The summed E-state index contributed by atoms with van der Waals surface area (Å²) in [6.45, 7) is 8.09. The van der Waals surface area contributed by atoms with Crippen molar-refractivity contribution in [2.75, 3.05) is 17.2 Å². The van der Waals surface area contributed by atoms with Crippen LogP contribution in [0.4, 0.5) is 11.5 Å². The van der Waals surface area contributed by atoms with Crippen LogP contribution in [0.25, 0.3) is 0 Å². The van der Waals surface area contributed by atoms with E-state index in [4.69, 9.17) is 10.5 Å². The summed E-state index contributed by atoms with van der Waals surface area (Å²) in [5.41, 5.74) is 5.93. The summed E-state index contributed by atoms with van der Waals surface area (Å²) in [6.07, 6.45) is 1.36. The molecule has 8 nitrogen and oxygen atoms in total. The van der Waals surface area contributed by atoms with E-state index >= 15 is 0 Å². The summed E-state index contributed by atoms with van der Waals surface area (Å²) >= 11 is 0. The van der Waals surface area contributed by atoms with E-state index in [2.05, 4.69) is 4.98 Å². The number of nitrogens with zero attached hydrogens (tertiary/aromatic N) is 2. The van der Waals surface area contributed by atoms with Gasteiger partial charge in [0.05, 0.1) is 0 Å². The highest BCUT2D eigenvalue weighted by molar-refractivity contribution is 5.98. The highest BCUT2D eigenvalue weighted by Gasteiger charge is 2.28. The molecule has 1 atom stereocenters. The molecule has 0 saturated carbocycles. The van der Waals surface area contributed by atoms with Crippen LogP contribution in [0.5, 0.6) is 5.75 Å². The Morgan fingerprint density at radius 3 is 2.62 bits per heavy atom. The Balaban J connectivity index is 2.40. The first-order chi connectivity index (χ1) is 13.8. The van der Waals surface area contributed by atoms with Gasteiger partial charge in [-0.05, 0) is 44.4 Å². The van der Waals surface area contributed by atoms with Gasteiger partial charge in [0.1, 0.15) is 11.6 Å². The number of aryl methyl sites for hydroxylation is 1. The molecule has 1 unspecified atom stereocenters. The molecule has 1 amide bonds. The number of benzene rings is 1. The van der Waals surface area contributed by atoms with Crippen LogP contribution in [0.15, 0.2) is 33.9 Å². The van der Waals surface area contributed by atoms with Crippen LogP contribution in [0.3, 0.4) is 0 Å². The molecule has 0 bridgehead atoms. The Labute approximate surface area is 170 Å². The predicted octanol–water partition coefficient (Wildman–Crippen LogP) is 2.44. The summed E-state index contributed by atoms with van der Waals surface area (Å²) in [6, 6.07) is 7.38. The SMILES string of the molecule is CCCCn1c(N)c(N(CCC)C(=O)C(C)Oc2cccc(C)c2)c(=O)[nH]c1=O. The van der Waals surface area contributed by atoms with E-state index in [1.807, 2.05) is 39.0 Å². The van der Waals surface area contributed by atoms with E-state index in [1.54, 1.807) is 13.0 Å². The van der Waals surface area contributed by atoms with Gasteiger partial charge in [0.15, 0.2) is 11.8 Å². The van der Waals surface area contributed by atoms with Gasteiger partial charge in [-0.2, -0.15) is 0 Å².